The summed E-state index contributed by atoms with van der Waals surface area (Å²) in [5, 5.41) is 0. The van der Waals surface area contributed by atoms with Crippen molar-refractivity contribution >= 4 is 12.0 Å². The highest BCUT2D eigenvalue weighted by Crippen LogP contribution is 2.30. The summed E-state index contributed by atoms with van der Waals surface area (Å²) >= 11 is 0. The molecule has 0 fully saturated rings. The second-order valence-electron chi connectivity index (χ2n) is 7.39. The molecule has 1 aliphatic rings. The summed E-state index contributed by atoms with van der Waals surface area (Å²) in [5.41, 5.74) is 9.21. The first-order chi connectivity index (χ1) is 12.2. The van der Waals surface area contributed by atoms with E-state index >= 15 is 0 Å². The van der Waals surface area contributed by atoms with E-state index in [1.165, 1.54) is 11.8 Å². The first kappa shape index (κ1) is 17.9. The SMILES string of the molecule is CC(C)(C)OC(=O)N1CCc2c(cccc2-c2ccc(C(N)=O)cn2)C1. The van der Waals surface area contributed by atoms with Crippen LogP contribution in [-0.2, 0) is 17.7 Å². The molecule has 0 saturated heterocycles. The number of carbonyl (C=O) groups excluding carboxylic acids is 2. The lowest BCUT2D eigenvalue weighted by Crippen LogP contribution is -2.40. The molecule has 2 heterocycles. The lowest BCUT2D eigenvalue weighted by molar-refractivity contribution is 0.0224. The van der Waals surface area contributed by atoms with Gasteiger partial charge in [0.1, 0.15) is 5.60 Å². The minimum atomic E-state index is -0.509. The summed E-state index contributed by atoms with van der Waals surface area (Å²) in [4.78, 5) is 29.6. The average molecular weight is 353 g/mol. The Morgan fingerprint density at radius 3 is 2.58 bits per heavy atom. The van der Waals surface area contributed by atoms with Gasteiger partial charge in [0.05, 0.1) is 11.3 Å². The molecular formula is C20H23N3O3. The van der Waals surface area contributed by atoms with Gasteiger partial charge in [-0.25, -0.2) is 4.79 Å². The standard InChI is InChI=1S/C20H23N3O3/c1-20(2,3)26-19(25)23-10-9-15-14(12-23)5-4-6-16(15)17-8-7-13(11-22-17)18(21)24/h4-8,11H,9-10,12H2,1-3H3,(H2,21,24). The van der Waals surface area contributed by atoms with Crippen LogP contribution in [0.25, 0.3) is 11.3 Å². The smallest absolute Gasteiger partial charge is 0.410 e. The van der Waals surface area contributed by atoms with Gasteiger partial charge in [0, 0.05) is 24.8 Å². The fraction of sp³-hybridized carbons (Fsp3) is 0.350. The third-order valence-electron chi connectivity index (χ3n) is 4.24. The fourth-order valence-electron chi connectivity index (χ4n) is 3.03. The number of ether oxygens (including phenoxy) is 1. The van der Waals surface area contributed by atoms with Crippen LogP contribution in [0.3, 0.4) is 0 Å². The normalized spacial score (nSPS) is 13.9. The van der Waals surface area contributed by atoms with Crippen LogP contribution in [0.4, 0.5) is 4.79 Å². The lowest BCUT2D eigenvalue weighted by atomic mass is 9.92. The fourth-order valence-corrected chi connectivity index (χ4v) is 3.03. The zero-order valence-electron chi connectivity index (χ0n) is 15.3. The lowest BCUT2D eigenvalue weighted by Gasteiger charge is -2.32. The number of aromatic nitrogens is 1. The number of rotatable bonds is 2. The van der Waals surface area contributed by atoms with Gasteiger partial charge in [-0.3, -0.25) is 9.78 Å². The summed E-state index contributed by atoms with van der Waals surface area (Å²) in [6.07, 6.45) is 1.93. The summed E-state index contributed by atoms with van der Waals surface area (Å²) in [6, 6.07) is 9.47. The largest absolute Gasteiger partial charge is 0.444 e. The molecule has 26 heavy (non-hydrogen) atoms. The molecule has 0 aliphatic carbocycles. The van der Waals surface area contributed by atoms with Gasteiger partial charge in [0.25, 0.3) is 0 Å². The molecule has 6 heteroatoms. The van der Waals surface area contributed by atoms with Gasteiger partial charge in [0.15, 0.2) is 0 Å². The van der Waals surface area contributed by atoms with Crippen molar-refractivity contribution in [1.82, 2.24) is 9.88 Å². The number of pyridine rings is 1. The first-order valence-electron chi connectivity index (χ1n) is 8.59. The Bertz CT molecular complexity index is 838. The Morgan fingerprint density at radius 2 is 1.96 bits per heavy atom. The predicted octanol–water partition coefficient (Wildman–Crippen LogP) is 3.14. The molecule has 1 aromatic heterocycles. The van der Waals surface area contributed by atoms with Crippen molar-refractivity contribution in [3.05, 3.63) is 53.2 Å². The predicted molar refractivity (Wildman–Crippen MR) is 98.5 cm³/mol. The van der Waals surface area contributed by atoms with Crippen LogP contribution in [0.2, 0.25) is 0 Å². The molecule has 0 radical (unpaired) electrons. The van der Waals surface area contributed by atoms with Crippen molar-refractivity contribution in [3.8, 4) is 11.3 Å². The maximum Gasteiger partial charge on any atom is 0.410 e. The molecular weight excluding hydrogens is 330 g/mol. The van der Waals surface area contributed by atoms with E-state index in [2.05, 4.69) is 4.98 Å². The third kappa shape index (κ3) is 3.85. The van der Waals surface area contributed by atoms with Gasteiger partial charge < -0.3 is 15.4 Å². The molecule has 0 atom stereocenters. The number of nitrogens with zero attached hydrogens (tertiary/aromatic N) is 2. The summed E-state index contributed by atoms with van der Waals surface area (Å²) in [6.45, 7) is 6.70. The molecule has 0 unspecified atom stereocenters. The van der Waals surface area contributed by atoms with Gasteiger partial charge in [-0.15, -0.1) is 0 Å². The van der Waals surface area contributed by atoms with Crippen LogP contribution in [0.1, 0.15) is 42.3 Å². The Hall–Kier alpha value is -2.89. The van der Waals surface area contributed by atoms with Crippen LogP contribution < -0.4 is 5.73 Å². The number of hydrogen-bond acceptors (Lipinski definition) is 4. The quantitative estimate of drug-likeness (QED) is 0.899. The summed E-state index contributed by atoms with van der Waals surface area (Å²) < 4.78 is 5.47. The van der Waals surface area contributed by atoms with Crippen LogP contribution >= 0.6 is 0 Å². The van der Waals surface area contributed by atoms with E-state index in [-0.39, 0.29) is 6.09 Å². The van der Waals surface area contributed by atoms with Gasteiger partial charge >= 0.3 is 6.09 Å². The molecule has 6 nitrogen and oxygen atoms in total. The highest BCUT2D eigenvalue weighted by molar-refractivity contribution is 5.92. The monoisotopic (exact) mass is 353 g/mol. The van der Waals surface area contributed by atoms with Crippen LogP contribution in [-0.4, -0.2) is 34.0 Å². The summed E-state index contributed by atoms with van der Waals surface area (Å²) in [5.74, 6) is -0.493. The van der Waals surface area contributed by atoms with Crippen molar-refractivity contribution in [3.63, 3.8) is 0 Å². The van der Waals surface area contributed by atoms with Crippen molar-refractivity contribution in [2.45, 2.75) is 39.3 Å². The number of nitrogens with two attached hydrogens (primary N) is 1. The van der Waals surface area contributed by atoms with Gasteiger partial charge in [0.2, 0.25) is 5.91 Å². The summed E-state index contributed by atoms with van der Waals surface area (Å²) in [7, 11) is 0. The van der Waals surface area contributed by atoms with E-state index in [1.807, 2.05) is 39.0 Å². The van der Waals surface area contributed by atoms with E-state index in [0.29, 0.717) is 18.7 Å². The number of carbonyl (C=O) groups is 2. The molecule has 0 spiro atoms. The van der Waals surface area contributed by atoms with Crippen LogP contribution in [0.5, 0.6) is 0 Å². The zero-order chi connectivity index (χ0) is 18.9. The number of benzene rings is 1. The van der Waals surface area contributed by atoms with E-state index in [9.17, 15) is 9.59 Å². The second kappa shape index (κ2) is 6.78. The molecule has 1 aliphatic heterocycles. The molecule has 136 valence electrons. The number of amides is 2. The maximum absolute atomic E-state index is 12.3. The van der Waals surface area contributed by atoms with Crippen LogP contribution in [0, 0.1) is 0 Å². The van der Waals surface area contributed by atoms with E-state index in [4.69, 9.17) is 10.5 Å². The molecule has 2 aromatic rings. The Kier molecular flexibility index (Phi) is 4.68. The first-order valence-corrected chi connectivity index (χ1v) is 8.59. The Balaban J connectivity index is 1.85. The molecule has 3 rings (SSSR count). The van der Waals surface area contributed by atoms with E-state index < -0.39 is 11.5 Å². The van der Waals surface area contributed by atoms with Crippen molar-refractivity contribution < 1.29 is 14.3 Å². The highest BCUT2D eigenvalue weighted by Gasteiger charge is 2.27. The highest BCUT2D eigenvalue weighted by atomic mass is 16.6. The Labute approximate surface area is 153 Å². The zero-order valence-corrected chi connectivity index (χ0v) is 15.3. The van der Waals surface area contributed by atoms with Gasteiger partial charge in [-0.05, 0) is 50.5 Å². The van der Waals surface area contributed by atoms with E-state index in [0.717, 1.165) is 23.2 Å². The van der Waals surface area contributed by atoms with Gasteiger partial charge in [-0.1, -0.05) is 18.2 Å². The average Bonchev–Trinajstić information content (AvgIpc) is 2.59. The number of primary amides is 1. The Morgan fingerprint density at radius 1 is 1.19 bits per heavy atom. The molecule has 1 aromatic carbocycles. The van der Waals surface area contributed by atoms with Crippen molar-refractivity contribution in [2.24, 2.45) is 5.73 Å². The second-order valence-corrected chi connectivity index (χ2v) is 7.39. The van der Waals surface area contributed by atoms with Crippen LogP contribution in [0.15, 0.2) is 36.5 Å². The maximum atomic E-state index is 12.3. The molecule has 0 bridgehead atoms. The third-order valence-corrected chi connectivity index (χ3v) is 4.24. The molecule has 2 amide bonds. The minimum Gasteiger partial charge on any atom is -0.444 e. The van der Waals surface area contributed by atoms with Crippen molar-refractivity contribution in [2.75, 3.05) is 6.54 Å². The number of fused-ring (bicyclic) bond motifs is 1. The molecule has 2 N–H and O–H groups in total. The molecule has 0 saturated carbocycles. The van der Waals surface area contributed by atoms with E-state index in [1.54, 1.807) is 17.0 Å². The minimum absolute atomic E-state index is 0.294. The number of hydrogen-bond donors (Lipinski definition) is 1. The topological polar surface area (TPSA) is 85.5 Å². The van der Waals surface area contributed by atoms with Gasteiger partial charge in [-0.2, -0.15) is 0 Å². The van der Waals surface area contributed by atoms with Crippen molar-refractivity contribution in [1.29, 1.82) is 0 Å².